The topological polar surface area (TPSA) is 53.9 Å². The van der Waals surface area contributed by atoms with Gasteiger partial charge in [-0.05, 0) is 6.92 Å². The van der Waals surface area contributed by atoms with Gasteiger partial charge in [-0.3, -0.25) is 0 Å². The number of rotatable bonds is 2. The molecule has 0 unspecified atom stereocenters. The van der Waals surface area contributed by atoms with E-state index in [9.17, 15) is 0 Å². The summed E-state index contributed by atoms with van der Waals surface area (Å²) in [6.45, 7) is 10.1. The molecule has 88 valence electrons. The molecule has 2 rings (SSSR count). The van der Waals surface area contributed by atoms with Crippen LogP contribution in [0, 0.1) is 6.92 Å². The number of nitrogens with one attached hydrogen (secondary N) is 1. The molecule has 16 heavy (non-hydrogen) atoms. The van der Waals surface area contributed by atoms with Gasteiger partial charge in [0.25, 0.3) is 0 Å². The van der Waals surface area contributed by atoms with E-state index in [1.807, 2.05) is 6.92 Å². The van der Waals surface area contributed by atoms with E-state index in [2.05, 4.69) is 39.0 Å². The van der Waals surface area contributed by atoms with E-state index in [0.29, 0.717) is 5.92 Å². The lowest BCUT2D eigenvalue weighted by Crippen LogP contribution is -2.44. The highest BCUT2D eigenvalue weighted by Crippen LogP contribution is 2.14. The Kier molecular flexibility index (Phi) is 3.33. The monoisotopic (exact) mass is 221 g/mol. The predicted molar refractivity (Wildman–Crippen MR) is 63.7 cm³/mol. The molecule has 5 heteroatoms. The summed E-state index contributed by atoms with van der Waals surface area (Å²) in [6, 6.07) is 0. The van der Waals surface area contributed by atoms with Gasteiger partial charge in [0.05, 0.1) is 0 Å². The third-order valence-corrected chi connectivity index (χ3v) is 2.67. The Morgan fingerprint density at radius 3 is 2.44 bits per heavy atom. The van der Waals surface area contributed by atoms with Gasteiger partial charge in [-0.2, -0.15) is 9.97 Å². The van der Waals surface area contributed by atoms with Crippen LogP contribution in [-0.4, -0.2) is 41.1 Å². The molecule has 2 heterocycles. The molecule has 5 nitrogen and oxygen atoms in total. The van der Waals surface area contributed by atoms with Crippen LogP contribution in [0.4, 0.5) is 5.95 Å². The normalized spacial score (nSPS) is 16.9. The largest absolute Gasteiger partial charge is 0.338 e. The van der Waals surface area contributed by atoms with E-state index in [1.165, 1.54) is 0 Å². The molecule has 0 radical (unpaired) electrons. The molecular weight excluding hydrogens is 202 g/mol. The van der Waals surface area contributed by atoms with Crippen molar-refractivity contribution in [3.05, 3.63) is 11.6 Å². The second-order valence-electron chi connectivity index (χ2n) is 4.43. The van der Waals surface area contributed by atoms with Crippen LogP contribution in [0.25, 0.3) is 0 Å². The fraction of sp³-hybridized carbons (Fsp3) is 0.727. The van der Waals surface area contributed by atoms with Crippen LogP contribution >= 0.6 is 0 Å². The van der Waals surface area contributed by atoms with Crippen molar-refractivity contribution in [2.45, 2.75) is 26.7 Å². The minimum Gasteiger partial charge on any atom is -0.338 e. The van der Waals surface area contributed by atoms with E-state index in [0.717, 1.165) is 43.8 Å². The van der Waals surface area contributed by atoms with E-state index >= 15 is 0 Å². The standard InChI is InChI=1S/C11H19N5/c1-8(2)10-13-9(3)14-11(15-10)16-6-4-12-5-7-16/h8,12H,4-7H2,1-3H3. The maximum absolute atomic E-state index is 4.53. The van der Waals surface area contributed by atoms with E-state index in [4.69, 9.17) is 0 Å². The van der Waals surface area contributed by atoms with Crippen molar-refractivity contribution >= 4 is 5.95 Å². The van der Waals surface area contributed by atoms with Gasteiger partial charge in [0.1, 0.15) is 11.6 Å². The number of nitrogens with zero attached hydrogens (tertiary/aromatic N) is 4. The third-order valence-electron chi connectivity index (χ3n) is 2.67. The molecule has 0 atom stereocenters. The van der Waals surface area contributed by atoms with Crippen molar-refractivity contribution in [1.82, 2.24) is 20.3 Å². The Morgan fingerprint density at radius 2 is 1.81 bits per heavy atom. The molecular formula is C11H19N5. The third kappa shape index (κ3) is 2.47. The summed E-state index contributed by atoms with van der Waals surface area (Å²) in [6.07, 6.45) is 0. The first kappa shape index (κ1) is 11.3. The summed E-state index contributed by atoms with van der Waals surface area (Å²) in [4.78, 5) is 15.5. The van der Waals surface area contributed by atoms with E-state index in [-0.39, 0.29) is 0 Å². The summed E-state index contributed by atoms with van der Waals surface area (Å²) in [7, 11) is 0. The number of aromatic nitrogens is 3. The smallest absolute Gasteiger partial charge is 0.228 e. The number of aryl methyl sites for hydroxylation is 1. The van der Waals surface area contributed by atoms with Gasteiger partial charge in [0.15, 0.2) is 0 Å². The van der Waals surface area contributed by atoms with Crippen molar-refractivity contribution in [1.29, 1.82) is 0 Å². The first-order chi connectivity index (χ1) is 7.66. The SMILES string of the molecule is Cc1nc(C(C)C)nc(N2CCNCC2)n1. The molecule has 0 aliphatic carbocycles. The van der Waals surface area contributed by atoms with Crippen molar-refractivity contribution in [2.24, 2.45) is 0 Å². The molecule has 0 saturated carbocycles. The maximum Gasteiger partial charge on any atom is 0.228 e. The van der Waals surface area contributed by atoms with Crippen molar-refractivity contribution in [3.8, 4) is 0 Å². The Bertz CT molecular complexity index is 357. The molecule has 0 bridgehead atoms. The average molecular weight is 221 g/mol. The van der Waals surface area contributed by atoms with Gasteiger partial charge in [-0.25, -0.2) is 4.98 Å². The van der Waals surface area contributed by atoms with Gasteiger partial charge in [0.2, 0.25) is 5.95 Å². The summed E-state index contributed by atoms with van der Waals surface area (Å²) in [5, 5.41) is 3.32. The fourth-order valence-electron chi connectivity index (χ4n) is 1.75. The van der Waals surface area contributed by atoms with Crippen molar-refractivity contribution in [2.75, 3.05) is 31.1 Å². The van der Waals surface area contributed by atoms with Crippen LogP contribution in [0.3, 0.4) is 0 Å². The molecule has 1 aliphatic heterocycles. The number of anilines is 1. The number of hydrogen-bond donors (Lipinski definition) is 1. The molecule has 0 amide bonds. The fourth-order valence-corrected chi connectivity index (χ4v) is 1.75. The van der Waals surface area contributed by atoms with Gasteiger partial charge in [-0.15, -0.1) is 0 Å². The highest BCUT2D eigenvalue weighted by molar-refractivity contribution is 5.31. The Balaban J connectivity index is 2.25. The zero-order chi connectivity index (χ0) is 11.5. The quantitative estimate of drug-likeness (QED) is 0.797. The second-order valence-corrected chi connectivity index (χ2v) is 4.43. The Hall–Kier alpha value is -1.23. The highest BCUT2D eigenvalue weighted by Gasteiger charge is 2.15. The van der Waals surface area contributed by atoms with E-state index < -0.39 is 0 Å². The van der Waals surface area contributed by atoms with Crippen LogP contribution in [0.2, 0.25) is 0 Å². The van der Waals surface area contributed by atoms with E-state index in [1.54, 1.807) is 0 Å². The maximum atomic E-state index is 4.53. The van der Waals surface area contributed by atoms with Gasteiger partial charge in [-0.1, -0.05) is 13.8 Å². The lowest BCUT2D eigenvalue weighted by atomic mass is 10.2. The molecule has 1 aliphatic rings. The van der Waals surface area contributed by atoms with Crippen LogP contribution in [0.15, 0.2) is 0 Å². The molecule has 0 spiro atoms. The first-order valence-corrected chi connectivity index (χ1v) is 5.85. The summed E-state index contributed by atoms with van der Waals surface area (Å²) >= 11 is 0. The minimum atomic E-state index is 0.350. The van der Waals surface area contributed by atoms with Crippen molar-refractivity contribution in [3.63, 3.8) is 0 Å². The molecule has 1 saturated heterocycles. The molecule has 1 N–H and O–H groups in total. The zero-order valence-electron chi connectivity index (χ0n) is 10.2. The lowest BCUT2D eigenvalue weighted by Gasteiger charge is -2.27. The predicted octanol–water partition coefficient (Wildman–Crippen LogP) is 0.713. The Morgan fingerprint density at radius 1 is 1.12 bits per heavy atom. The highest BCUT2D eigenvalue weighted by atomic mass is 15.3. The van der Waals surface area contributed by atoms with Crippen LogP contribution in [0.1, 0.15) is 31.4 Å². The molecule has 1 aromatic rings. The minimum absolute atomic E-state index is 0.350. The summed E-state index contributed by atoms with van der Waals surface area (Å²) < 4.78 is 0. The van der Waals surface area contributed by atoms with Crippen LogP contribution in [0.5, 0.6) is 0 Å². The van der Waals surface area contributed by atoms with Gasteiger partial charge < -0.3 is 10.2 Å². The van der Waals surface area contributed by atoms with Gasteiger partial charge in [0, 0.05) is 32.1 Å². The lowest BCUT2D eigenvalue weighted by molar-refractivity contribution is 0.574. The zero-order valence-corrected chi connectivity index (χ0v) is 10.2. The average Bonchev–Trinajstić information content (AvgIpc) is 2.29. The Labute approximate surface area is 96.3 Å². The first-order valence-electron chi connectivity index (χ1n) is 5.85. The van der Waals surface area contributed by atoms with Gasteiger partial charge >= 0.3 is 0 Å². The van der Waals surface area contributed by atoms with Crippen molar-refractivity contribution < 1.29 is 0 Å². The number of hydrogen-bond acceptors (Lipinski definition) is 5. The summed E-state index contributed by atoms with van der Waals surface area (Å²) in [5.41, 5.74) is 0. The molecule has 0 aromatic carbocycles. The summed E-state index contributed by atoms with van der Waals surface area (Å²) in [5.74, 6) is 2.88. The molecule has 1 aromatic heterocycles. The number of piperazine rings is 1. The van der Waals surface area contributed by atoms with Crippen LogP contribution < -0.4 is 10.2 Å². The molecule has 1 fully saturated rings. The second kappa shape index (κ2) is 4.74. The van der Waals surface area contributed by atoms with Crippen LogP contribution in [-0.2, 0) is 0 Å².